The van der Waals surface area contributed by atoms with Crippen LogP contribution < -0.4 is 5.73 Å². The predicted molar refractivity (Wildman–Crippen MR) is 60.3 cm³/mol. The summed E-state index contributed by atoms with van der Waals surface area (Å²) < 4.78 is 0. The van der Waals surface area contributed by atoms with Crippen LogP contribution in [0.25, 0.3) is 0 Å². The molecule has 0 aromatic heterocycles. The molecule has 0 bridgehead atoms. The smallest absolute Gasteiger partial charge is 0.0682 e. The summed E-state index contributed by atoms with van der Waals surface area (Å²) >= 11 is 0. The molecule has 3 heteroatoms. The Bertz CT molecular complexity index is 292. The number of aliphatic hydroxyl groups excluding tert-OH is 1. The lowest BCUT2D eigenvalue weighted by atomic mass is 10.0. The lowest BCUT2D eigenvalue weighted by Gasteiger charge is -2.33. The molecule has 1 aromatic rings. The topological polar surface area (TPSA) is 49.5 Å². The standard InChI is InChI=1S/C12H18N2O/c13-11-6-12(15)9-14(8-11)7-10-4-2-1-3-5-10/h1-5,11-12,15H,6-9,13H2/t11?,12-/m0/s1. The highest BCUT2D eigenvalue weighted by molar-refractivity contribution is 5.14. The van der Waals surface area contributed by atoms with Gasteiger partial charge in [0, 0.05) is 25.7 Å². The molecule has 0 aliphatic carbocycles. The van der Waals surface area contributed by atoms with Gasteiger partial charge in [-0.1, -0.05) is 30.3 Å². The fraction of sp³-hybridized carbons (Fsp3) is 0.500. The number of likely N-dealkylation sites (tertiary alicyclic amines) is 1. The summed E-state index contributed by atoms with van der Waals surface area (Å²) in [6.07, 6.45) is 0.461. The summed E-state index contributed by atoms with van der Waals surface area (Å²) in [5.41, 5.74) is 7.14. The normalized spacial score (nSPS) is 27.9. The van der Waals surface area contributed by atoms with Crippen molar-refractivity contribution < 1.29 is 5.11 Å². The van der Waals surface area contributed by atoms with Crippen molar-refractivity contribution in [2.45, 2.75) is 25.1 Å². The first-order valence-electron chi connectivity index (χ1n) is 5.44. The second-order valence-corrected chi connectivity index (χ2v) is 4.33. The largest absolute Gasteiger partial charge is 0.392 e. The Morgan fingerprint density at radius 1 is 1.27 bits per heavy atom. The maximum absolute atomic E-state index is 9.61. The van der Waals surface area contributed by atoms with Crippen molar-refractivity contribution in [3.05, 3.63) is 35.9 Å². The maximum atomic E-state index is 9.61. The van der Waals surface area contributed by atoms with Crippen molar-refractivity contribution >= 4 is 0 Å². The monoisotopic (exact) mass is 206 g/mol. The number of nitrogens with two attached hydrogens (primary N) is 1. The van der Waals surface area contributed by atoms with Crippen molar-refractivity contribution in [1.29, 1.82) is 0 Å². The Labute approximate surface area is 90.5 Å². The van der Waals surface area contributed by atoms with E-state index >= 15 is 0 Å². The lowest BCUT2D eigenvalue weighted by molar-refractivity contribution is 0.0565. The van der Waals surface area contributed by atoms with Gasteiger partial charge in [0.05, 0.1) is 6.10 Å². The molecule has 2 atom stereocenters. The zero-order valence-electron chi connectivity index (χ0n) is 8.84. The third-order valence-electron chi connectivity index (χ3n) is 2.79. The molecule has 1 heterocycles. The highest BCUT2D eigenvalue weighted by atomic mass is 16.3. The van der Waals surface area contributed by atoms with Gasteiger partial charge in [-0.2, -0.15) is 0 Å². The molecule has 0 spiro atoms. The number of piperidine rings is 1. The summed E-state index contributed by atoms with van der Waals surface area (Å²) in [5, 5.41) is 9.61. The zero-order chi connectivity index (χ0) is 10.7. The average molecular weight is 206 g/mol. The van der Waals surface area contributed by atoms with Crippen LogP contribution in [0.1, 0.15) is 12.0 Å². The van der Waals surface area contributed by atoms with E-state index < -0.39 is 0 Å². The van der Waals surface area contributed by atoms with E-state index in [2.05, 4.69) is 17.0 Å². The van der Waals surface area contributed by atoms with Gasteiger partial charge in [0.15, 0.2) is 0 Å². The van der Waals surface area contributed by atoms with Crippen LogP contribution in [-0.4, -0.2) is 35.2 Å². The average Bonchev–Trinajstić information content (AvgIpc) is 2.17. The lowest BCUT2D eigenvalue weighted by Crippen LogP contribution is -2.48. The first kappa shape index (κ1) is 10.6. The second kappa shape index (κ2) is 4.75. The number of nitrogens with zero attached hydrogens (tertiary/aromatic N) is 1. The molecule has 1 fully saturated rings. The summed E-state index contributed by atoms with van der Waals surface area (Å²) in [6.45, 7) is 2.50. The molecule has 0 saturated carbocycles. The molecular weight excluding hydrogens is 188 g/mol. The van der Waals surface area contributed by atoms with E-state index in [1.807, 2.05) is 18.2 Å². The Hall–Kier alpha value is -0.900. The summed E-state index contributed by atoms with van der Waals surface area (Å²) in [5.74, 6) is 0. The molecule has 1 aliphatic heterocycles. The number of aliphatic hydroxyl groups is 1. The van der Waals surface area contributed by atoms with E-state index in [0.29, 0.717) is 0 Å². The Balaban J connectivity index is 1.94. The molecule has 82 valence electrons. The molecule has 2 rings (SSSR count). The van der Waals surface area contributed by atoms with Crippen LogP contribution in [0, 0.1) is 0 Å². The van der Waals surface area contributed by atoms with Crippen molar-refractivity contribution in [1.82, 2.24) is 4.90 Å². The number of β-amino-alcohol motifs (C(OH)–C–C–N with tert-alkyl or cyclic N) is 1. The molecule has 3 nitrogen and oxygen atoms in total. The summed E-state index contributed by atoms with van der Waals surface area (Å²) in [6, 6.07) is 10.4. The van der Waals surface area contributed by atoms with E-state index in [0.717, 1.165) is 26.1 Å². The minimum absolute atomic E-state index is 0.109. The number of rotatable bonds is 2. The minimum Gasteiger partial charge on any atom is -0.392 e. The SMILES string of the molecule is NC1C[C@H](O)CN(Cc2ccccc2)C1. The third-order valence-corrected chi connectivity index (χ3v) is 2.79. The Morgan fingerprint density at radius 2 is 2.00 bits per heavy atom. The van der Waals surface area contributed by atoms with Crippen molar-refractivity contribution in [2.24, 2.45) is 5.73 Å². The van der Waals surface area contributed by atoms with Gasteiger partial charge in [-0.05, 0) is 12.0 Å². The molecule has 0 radical (unpaired) electrons. The van der Waals surface area contributed by atoms with Gasteiger partial charge in [0.2, 0.25) is 0 Å². The van der Waals surface area contributed by atoms with Crippen LogP contribution in [0.15, 0.2) is 30.3 Å². The molecule has 3 N–H and O–H groups in total. The molecule has 1 aromatic carbocycles. The zero-order valence-corrected chi connectivity index (χ0v) is 8.84. The Morgan fingerprint density at radius 3 is 2.67 bits per heavy atom. The highest BCUT2D eigenvalue weighted by Gasteiger charge is 2.22. The van der Waals surface area contributed by atoms with Crippen LogP contribution in [0.4, 0.5) is 0 Å². The highest BCUT2D eigenvalue weighted by Crippen LogP contribution is 2.12. The molecule has 0 amide bonds. The van der Waals surface area contributed by atoms with Gasteiger partial charge >= 0.3 is 0 Å². The first-order valence-corrected chi connectivity index (χ1v) is 5.44. The number of hydrogen-bond acceptors (Lipinski definition) is 3. The molecular formula is C12H18N2O. The van der Waals surface area contributed by atoms with Crippen LogP contribution >= 0.6 is 0 Å². The second-order valence-electron chi connectivity index (χ2n) is 4.33. The van der Waals surface area contributed by atoms with Gasteiger partial charge < -0.3 is 10.8 Å². The van der Waals surface area contributed by atoms with Crippen molar-refractivity contribution in [3.63, 3.8) is 0 Å². The molecule has 1 saturated heterocycles. The Kier molecular flexibility index (Phi) is 3.36. The minimum atomic E-state index is -0.266. The molecule has 1 aliphatic rings. The van der Waals surface area contributed by atoms with Gasteiger partial charge in [0.25, 0.3) is 0 Å². The summed E-state index contributed by atoms with van der Waals surface area (Å²) in [4.78, 5) is 2.22. The van der Waals surface area contributed by atoms with E-state index in [1.54, 1.807) is 0 Å². The summed E-state index contributed by atoms with van der Waals surface area (Å²) in [7, 11) is 0. The van der Waals surface area contributed by atoms with Gasteiger partial charge in [-0.25, -0.2) is 0 Å². The fourth-order valence-electron chi connectivity index (χ4n) is 2.17. The van der Waals surface area contributed by atoms with E-state index in [9.17, 15) is 5.11 Å². The van der Waals surface area contributed by atoms with Crippen LogP contribution in [-0.2, 0) is 6.54 Å². The van der Waals surface area contributed by atoms with Gasteiger partial charge in [-0.3, -0.25) is 4.90 Å². The quantitative estimate of drug-likeness (QED) is 0.744. The van der Waals surface area contributed by atoms with Gasteiger partial charge in [0.1, 0.15) is 0 Å². The van der Waals surface area contributed by atoms with Crippen molar-refractivity contribution in [3.8, 4) is 0 Å². The fourth-order valence-corrected chi connectivity index (χ4v) is 2.17. The van der Waals surface area contributed by atoms with Crippen molar-refractivity contribution in [2.75, 3.05) is 13.1 Å². The predicted octanol–water partition coefficient (Wildman–Crippen LogP) is 0.580. The molecule has 1 unspecified atom stereocenters. The number of benzene rings is 1. The van der Waals surface area contributed by atoms with Gasteiger partial charge in [-0.15, -0.1) is 0 Å². The van der Waals surface area contributed by atoms with Crippen LogP contribution in [0.3, 0.4) is 0 Å². The van der Waals surface area contributed by atoms with E-state index in [4.69, 9.17) is 5.73 Å². The van der Waals surface area contributed by atoms with Crippen LogP contribution in [0.5, 0.6) is 0 Å². The van der Waals surface area contributed by atoms with E-state index in [1.165, 1.54) is 5.56 Å². The first-order chi connectivity index (χ1) is 7.24. The van der Waals surface area contributed by atoms with Crippen LogP contribution in [0.2, 0.25) is 0 Å². The van der Waals surface area contributed by atoms with E-state index in [-0.39, 0.29) is 12.1 Å². The third kappa shape index (κ3) is 3.02. The maximum Gasteiger partial charge on any atom is 0.0682 e. The molecule has 15 heavy (non-hydrogen) atoms. The number of hydrogen-bond donors (Lipinski definition) is 2.